The van der Waals surface area contributed by atoms with Crippen molar-refractivity contribution in [3.05, 3.63) is 59.1 Å². The number of rotatable bonds is 8. The van der Waals surface area contributed by atoms with Crippen LogP contribution in [0, 0.1) is 0 Å². The third-order valence-corrected chi connectivity index (χ3v) is 5.92. The third-order valence-electron chi connectivity index (χ3n) is 3.69. The Morgan fingerprint density at radius 2 is 1.88 bits per heavy atom. The minimum absolute atomic E-state index is 0.00416. The molecule has 26 heavy (non-hydrogen) atoms. The Morgan fingerprint density at radius 1 is 1.19 bits per heavy atom. The van der Waals surface area contributed by atoms with Gasteiger partial charge in [0.05, 0.1) is 27.8 Å². The SMILES string of the molecule is CCN(c1ccccc1)S(=O)(=O)c1ccc(Cl)c(C(=O)NCCOC)c1. The number of hydrogen-bond acceptors (Lipinski definition) is 4. The van der Waals surface area contributed by atoms with Gasteiger partial charge in [0, 0.05) is 20.2 Å². The number of anilines is 1. The van der Waals surface area contributed by atoms with Gasteiger partial charge in [0.2, 0.25) is 0 Å². The minimum Gasteiger partial charge on any atom is -0.383 e. The molecule has 0 saturated heterocycles. The Morgan fingerprint density at radius 3 is 2.50 bits per heavy atom. The summed E-state index contributed by atoms with van der Waals surface area (Å²) in [6, 6.07) is 12.9. The number of benzene rings is 2. The second-order valence-corrected chi connectivity index (χ2v) is 7.67. The van der Waals surface area contributed by atoms with E-state index in [0.29, 0.717) is 18.8 Å². The van der Waals surface area contributed by atoms with Gasteiger partial charge in [-0.05, 0) is 37.3 Å². The zero-order valence-electron chi connectivity index (χ0n) is 14.6. The lowest BCUT2D eigenvalue weighted by atomic mass is 10.2. The Labute approximate surface area is 158 Å². The second kappa shape index (κ2) is 9.02. The van der Waals surface area contributed by atoms with E-state index in [1.54, 1.807) is 31.2 Å². The summed E-state index contributed by atoms with van der Waals surface area (Å²) in [5.74, 6) is -0.452. The molecule has 0 fully saturated rings. The minimum atomic E-state index is -3.83. The first-order valence-corrected chi connectivity index (χ1v) is 9.88. The van der Waals surface area contributed by atoms with Crippen LogP contribution < -0.4 is 9.62 Å². The first-order chi connectivity index (χ1) is 12.4. The number of sulfonamides is 1. The Bertz CT molecular complexity index is 857. The molecule has 2 aromatic rings. The van der Waals surface area contributed by atoms with Gasteiger partial charge in [0.25, 0.3) is 15.9 Å². The highest BCUT2D eigenvalue weighted by molar-refractivity contribution is 7.92. The summed E-state index contributed by atoms with van der Waals surface area (Å²) in [7, 11) is -2.31. The molecule has 8 heteroatoms. The average Bonchev–Trinajstić information content (AvgIpc) is 2.63. The predicted octanol–water partition coefficient (Wildman–Crippen LogP) is 2.93. The number of carbonyl (C=O) groups excluding carboxylic acids is 1. The lowest BCUT2D eigenvalue weighted by Crippen LogP contribution is -2.31. The van der Waals surface area contributed by atoms with E-state index >= 15 is 0 Å². The van der Waals surface area contributed by atoms with E-state index in [4.69, 9.17) is 16.3 Å². The van der Waals surface area contributed by atoms with Gasteiger partial charge >= 0.3 is 0 Å². The van der Waals surface area contributed by atoms with E-state index in [1.165, 1.54) is 29.6 Å². The van der Waals surface area contributed by atoms with Gasteiger partial charge in [-0.3, -0.25) is 9.10 Å². The summed E-state index contributed by atoms with van der Waals surface area (Å²) in [4.78, 5) is 12.3. The second-order valence-electron chi connectivity index (χ2n) is 5.40. The Kier molecular flexibility index (Phi) is 7.02. The topological polar surface area (TPSA) is 75.7 Å². The molecule has 0 aromatic heterocycles. The smallest absolute Gasteiger partial charge is 0.264 e. The highest BCUT2D eigenvalue weighted by atomic mass is 35.5. The predicted molar refractivity (Wildman–Crippen MR) is 102 cm³/mol. The van der Waals surface area contributed by atoms with Gasteiger partial charge in [-0.25, -0.2) is 8.42 Å². The van der Waals surface area contributed by atoms with Crippen molar-refractivity contribution in [1.29, 1.82) is 0 Å². The van der Waals surface area contributed by atoms with Crippen LogP contribution in [0.1, 0.15) is 17.3 Å². The van der Waals surface area contributed by atoms with E-state index in [1.807, 2.05) is 6.07 Å². The normalized spacial score (nSPS) is 11.2. The molecule has 2 aromatic carbocycles. The van der Waals surface area contributed by atoms with Crippen molar-refractivity contribution >= 4 is 33.2 Å². The lowest BCUT2D eigenvalue weighted by molar-refractivity contribution is 0.0937. The fourth-order valence-corrected chi connectivity index (χ4v) is 4.12. The van der Waals surface area contributed by atoms with E-state index in [0.717, 1.165) is 0 Å². The maximum atomic E-state index is 13.0. The molecule has 0 saturated carbocycles. The van der Waals surface area contributed by atoms with Crippen LogP contribution >= 0.6 is 11.6 Å². The number of hydrogen-bond donors (Lipinski definition) is 1. The molecule has 0 bridgehead atoms. The van der Waals surface area contributed by atoms with Crippen LogP contribution in [0.3, 0.4) is 0 Å². The van der Waals surface area contributed by atoms with Crippen molar-refractivity contribution in [1.82, 2.24) is 5.32 Å². The molecular formula is C18H21ClN2O4S. The van der Waals surface area contributed by atoms with Crippen molar-refractivity contribution < 1.29 is 17.9 Å². The molecule has 2 rings (SSSR count). The van der Waals surface area contributed by atoms with Crippen LogP contribution in [-0.2, 0) is 14.8 Å². The van der Waals surface area contributed by atoms with Gasteiger partial charge < -0.3 is 10.1 Å². The number of nitrogens with one attached hydrogen (secondary N) is 1. The highest BCUT2D eigenvalue weighted by Crippen LogP contribution is 2.26. The van der Waals surface area contributed by atoms with Crippen LogP contribution in [0.15, 0.2) is 53.4 Å². The number of methoxy groups -OCH3 is 1. The van der Waals surface area contributed by atoms with Crippen molar-refractivity contribution in [2.45, 2.75) is 11.8 Å². The maximum Gasteiger partial charge on any atom is 0.264 e. The quantitative estimate of drug-likeness (QED) is 0.696. The summed E-state index contributed by atoms with van der Waals surface area (Å²) in [6.45, 7) is 2.65. The first-order valence-electron chi connectivity index (χ1n) is 8.06. The lowest BCUT2D eigenvalue weighted by Gasteiger charge is -2.23. The molecule has 0 unspecified atom stereocenters. The molecule has 0 atom stereocenters. The number of halogens is 1. The standard InChI is InChI=1S/C18H21ClN2O4S/c1-3-21(14-7-5-4-6-8-14)26(23,24)15-9-10-17(19)16(13-15)18(22)20-11-12-25-2/h4-10,13H,3,11-12H2,1-2H3,(H,20,22). The van der Waals surface area contributed by atoms with Gasteiger partial charge in [0.1, 0.15) is 0 Å². The molecule has 6 nitrogen and oxygen atoms in total. The molecule has 0 spiro atoms. The van der Waals surface area contributed by atoms with Crippen molar-refractivity contribution in [2.24, 2.45) is 0 Å². The van der Waals surface area contributed by atoms with Crippen LogP contribution in [0.4, 0.5) is 5.69 Å². The molecule has 0 aliphatic rings. The monoisotopic (exact) mass is 396 g/mol. The molecule has 0 radical (unpaired) electrons. The van der Waals surface area contributed by atoms with Crippen molar-refractivity contribution in [2.75, 3.05) is 31.1 Å². The summed E-state index contributed by atoms with van der Waals surface area (Å²) in [5, 5.41) is 2.82. The van der Waals surface area contributed by atoms with Crippen LogP contribution in [0.25, 0.3) is 0 Å². The zero-order chi connectivity index (χ0) is 19.2. The molecular weight excluding hydrogens is 376 g/mol. The van der Waals surface area contributed by atoms with E-state index in [-0.39, 0.29) is 22.0 Å². The van der Waals surface area contributed by atoms with E-state index < -0.39 is 15.9 Å². The number of nitrogens with zero attached hydrogens (tertiary/aromatic N) is 1. The molecule has 1 amide bonds. The fraction of sp³-hybridized carbons (Fsp3) is 0.278. The summed E-state index contributed by atoms with van der Waals surface area (Å²) in [5.41, 5.74) is 0.656. The van der Waals surface area contributed by atoms with E-state index in [9.17, 15) is 13.2 Å². The summed E-state index contributed by atoms with van der Waals surface area (Å²) >= 11 is 6.08. The molecule has 0 aliphatic carbocycles. The number of carbonyl (C=O) groups is 1. The van der Waals surface area contributed by atoms with Crippen LogP contribution in [0.5, 0.6) is 0 Å². The van der Waals surface area contributed by atoms with Gasteiger partial charge in [-0.2, -0.15) is 0 Å². The van der Waals surface area contributed by atoms with Gasteiger partial charge in [-0.15, -0.1) is 0 Å². The highest BCUT2D eigenvalue weighted by Gasteiger charge is 2.25. The molecule has 0 aliphatic heterocycles. The number of amides is 1. The average molecular weight is 397 g/mol. The Hall–Kier alpha value is -2.09. The van der Waals surface area contributed by atoms with Gasteiger partial charge in [-0.1, -0.05) is 29.8 Å². The largest absolute Gasteiger partial charge is 0.383 e. The number of para-hydroxylation sites is 1. The summed E-state index contributed by atoms with van der Waals surface area (Å²) < 4.78 is 32.2. The Balaban J connectivity index is 2.38. The van der Waals surface area contributed by atoms with Gasteiger partial charge in [0.15, 0.2) is 0 Å². The summed E-state index contributed by atoms with van der Waals surface area (Å²) in [6.07, 6.45) is 0. The van der Waals surface area contributed by atoms with Crippen LogP contribution in [0.2, 0.25) is 5.02 Å². The van der Waals surface area contributed by atoms with Crippen LogP contribution in [-0.4, -0.2) is 41.1 Å². The van der Waals surface area contributed by atoms with Crippen molar-refractivity contribution in [3.8, 4) is 0 Å². The van der Waals surface area contributed by atoms with E-state index in [2.05, 4.69) is 5.32 Å². The maximum absolute atomic E-state index is 13.0. The fourth-order valence-electron chi connectivity index (χ4n) is 2.41. The molecule has 1 N–H and O–H groups in total. The third kappa shape index (κ3) is 4.55. The molecule has 140 valence electrons. The number of ether oxygens (including phenoxy) is 1. The molecule has 0 heterocycles. The zero-order valence-corrected chi connectivity index (χ0v) is 16.2. The first kappa shape index (κ1) is 20.2. The van der Waals surface area contributed by atoms with Crippen molar-refractivity contribution in [3.63, 3.8) is 0 Å².